The van der Waals surface area contributed by atoms with Crippen LogP contribution in [0.5, 0.6) is 0 Å². The summed E-state index contributed by atoms with van der Waals surface area (Å²) in [6.07, 6.45) is -1.13. The molecule has 38 heavy (non-hydrogen) atoms. The maximum absolute atomic E-state index is 12.9. The fourth-order valence-electron chi connectivity index (χ4n) is 4.06. The van der Waals surface area contributed by atoms with Crippen LogP contribution in [0.25, 0.3) is 5.82 Å². The highest BCUT2D eigenvalue weighted by atomic mass is 19.4. The fourth-order valence-corrected chi connectivity index (χ4v) is 4.06. The van der Waals surface area contributed by atoms with Gasteiger partial charge >= 0.3 is 12.3 Å². The lowest BCUT2D eigenvalue weighted by Crippen LogP contribution is -2.41. The van der Waals surface area contributed by atoms with Gasteiger partial charge in [-0.25, -0.2) is 19.4 Å². The first kappa shape index (κ1) is 26.9. The van der Waals surface area contributed by atoms with Crippen LogP contribution in [0.15, 0.2) is 42.7 Å². The Morgan fingerprint density at radius 3 is 2.29 bits per heavy atom. The zero-order valence-electron chi connectivity index (χ0n) is 21.1. The van der Waals surface area contributed by atoms with Crippen LogP contribution in [0.2, 0.25) is 0 Å². The number of aromatic nitrogens is 4. The highest BCUT2D eigenvalue weighted by Crippen LogP contribution is 2.31. The number of nitrogens with one attached hydrogen (secondary N) is 1. The Labute approximate surface area is 217 Å². The minimum Gasteiger partial charge on any atom is -0.444 e. The number of amides is 2. The molecule has 1 fully saturated rings. The molecule has 1 aromatic carbocycles. The van der Waals surface area contributed by atoms with Crippen molar-refractivity contribution in [3.8, 4) is 5.82 Å². The zero-order valence-corrected chi connectivity index (χ0v) is 21.1. The average Bonchev–Trinajstić information content (AvgIpc) is 3.35. The predicted molar refractivity (Wildman–Crippen MR) is 132 cm³/mol. The highest BCUT2D eigenvalue weighted by molar-refractivity contribution is 5.96. The van der Waals surface area contributed by atoms with Crippen molar-refractivity contribution in [3.05, 3.63) is 59.7 Å². The number of primary amides is 1. The van der Waals surface area contributed by atoms with E-state index in [1.807, 2.05) is 32.9 Å². The van der Waals surface area contributed by atoms with E-state index in [0.717, 1.165) is 41.5 Å². The van der Waals surface area contributed by atoms with Crippen molar-refractivity contribution < 1.29 is 27.5 Å². The van der Waals surface area contributed by atoms with E-state index >= 15 is 0 Å². The van der Waals surface area contributed by atoms with E-state index in [1.165, 1.54) is 0 Å². The first-order valence-corrected chi connectivity index (χ1v) is 11.9. The van der Waals surface area contributed by atoms with Crippen LogP contribution in [0.4, 0.5) is 29.5 Å². The number of carbonyl (C=O) groups is 2. The minimum atomic E-state index is -4.61. The number of piperidine rings is 1. The average molecular weight is 532 g/mol. The van der Waals surface area contributed by atoms with Gasteiger partial charge < -0.3 is 20.7 Å². The molecule has 0 bridgehead atoms. The number of nitrogens with two attached hydrogens (primary N) is 1. The molecule has 3 aromatic rings. The lowest BCUT2D eigenvalue weighted by atomic mass is 9.89. The summed E-state index contributed by atoms with van der Waals surface area (Å²) in [6, 6.07) is 8.27. The molecule has 2 aromatic heterocycles. The molecule has 13 heteroatoms. The molecule has 2 amide bonds. The van der Waals surface area contributed by atoms with Crippen LogP contribution >= 0.6 is 0 Å². The topological polar surface area (TPSA) is 128 Å². The third-order valence-electron chi connectivity index (χ3n) is 5.90. The smallest absolute Gasteiger partial charge is 0.435 e. The Hall–Kier alpha value is -4.16. The summed E-state index contributed by atoms with van der Waals surface area (Å²) in [6.45, 7) is 6.69. The van der Waals surface area contributed by atoms with E-state index < -0.39 is 23.4 Å². The van der Waals surface area contributed by atoms with E-state index in [2.05, 4.69) is 20.4 Å². The maximum Gasteiger partial charge on any atom is 0.435 e. The SMILES string of the molecule is CC(C)(C)OC(=O)N1CCC(c2ccc(Nc3nc(-n4ccc(C(F)(F)F)n4)cnc3C(N)=O)cc2)CC1. The highest BCUT2D eigenvalue weighted by Gasteiger charge is 2.34. The lowest BCUT2D eigenvalue weighted by Gasteiger charge is -2.33. The normalized spacial score (nSPS) is 14.8. The number of carbonyl (C=O) groups excluding carboxylic acids is 2. The molecule has 0 unspecified atom stereocenters. The molecule has 4 rings (SSSR count). The van der Waals surface area contributed by atoms with Gasteiger partial charge in [-0.2, -0.15) is 18.3 Å². The van der Waals surface area contributed by atoms with Gasteiger partial charge in [0.25, 0.3) is 5.91 Å². The summed E-state index contributed by atoms with van der Waals surface area (Å²) in [5.41, 5.74) is 5.28. The third-order valence-corrected chi connectivity index (χ3v) is 5.90. The number of rotatable bonds is 5. The van der Waals surface area contributed by atoms with Gasteiger partial charge in [0.1, 0.15) is 5.60 Å². The number of halogens is 3. The molecular formula is C25H28F3N7O3. The van der Waals surface area contributed by atoms with Crippen LogP contribution in [0.1, 0.15) is 61.3 Å². The van der Waals surface area contributed by atoms with Crippen molar-refractivity contribution in [2.45, 2.75) is 51.3 Å². The Bertz CT molecular complexity index is 1310. The number of anilines is 2. The van der Waals surface area contributed by atoms with Crippen molar-refractivity contribution in [2.75, 3.05) is 18.4 Å². The van der Waals surface area contributed by atoms with Gasteiger partial charge in [-0.15, -0.1) is 0 Å². The largest absolute Gasteiger partial charge is 0.444 e. The zero-order chi connectivity index (χ0) is 27.7. The van der Waals surface area contributed by atoms with Crippen molar-refractivity contribution >= 4 is 23.5 Å². The summed E-state index contributed by atoms with van der Waals surface area (Å²) in [5, 5.41) is 6.45. The van der Waals surface area contributed by atoms with Crippen LogP contribution in [0, 0.1) is 0 Å². The first-order valence-electron chi connectivity index (χ1n) is 11.9. The second-order valence-corrected chi connectivity index (χ2v) is 9.92. The van der Waals surface area contributed by atoms with Gasteiger partial charge in [0.05, 0.1) is 6.20 Å². The summed E-state index contributed by atoms with van der Waals surface area (Å²) < 4.78 is 45.1. The van der Waals surface area contributed by atoms with Crippen molar-refractivity contribution in [1.82, 2.24) is 24.6 Å². The van der Waals surface area contributed by atoms with Crippen LogP contribution in [-0.4, -0.2) is 55.3 Å². The molecule has 1 aliphatic heterocycles. The maximum atomic E-state index is 12.9. The van der Waals surface area contributed by atoms with Crippen molar-refractivity contribution in [2.24, 2.45) is 5.73 Å². The number of likely N-dealkylation sites (tertiary alicyclic amines) is 1. The molecule has 0 saturated carbocycles. The summed E-state index contributed by atoms with van der Waals surface area (Å²) in [7, 11) is 0. The minimum absolute atomic E-state index is 0.0162. The Morgan fingerprint density at radius 2 is 1.74 bits per heavy atom. The van der Waals surface area contributed by atoms with Crippen LogP contribution in [-0.2, 0) is 10.9 Å². The fraction of sp³-hybridized carbons (Fsp3) is 0.400. The van der Waals surface area contributed by atoms with Crippen LogP contribution < -0.4 is 11.1 Å². The molecule has 0 aliphatic carbocycles. The quantitative estimate of drug-likeness (QED) is 0.491. The molecule has 0 radical (unpaired) electrons. The third kappa shape index (κ3) is 6.39. The van der Waals surface area contributed by atoms with E-state index in [4.69, 9.17) is 10.5 Å². The molecule has 0 atom stereocenters. The van der Waals surface area contributed by atoms with Gasteiger partial charge in [-0.3, -0.25) is 4.79 Å². The molecule has 3 N–H and O–H groups in total. The Balaban J connectivity index is 1.46. The summed E-state index contributed by atoms with van der Waals surface area (Å²) >= 11 is 0. The second kappa shape index (κ2) is 10.3. The molecule has 3 heterocycles. The van der Waals surface area contributed by atoms with Gasteiger partial charge in [0, 0.05) is 25.0 Å². The number of ether oxygens (including phenoxy) is 1. The summed E-state index contributed by atoms with van der Waals surface area (Å²) in [4.78, 5) is 34.1. The number of hydrogen-bond donors (Lipinski definition) is 2. The summed E-state index contributed by atoms with van der Waals surface area (Å²) in [5.74, 6) is -0.634. The lowest BCUT2D eigenvalue weighted by molar-refractivity contribution is -0.141. The van der Waals surface area contributed by atoms with E-state index in [9.17, 15) is 22.8 Å². The molecule has 202 valence electrons. The Kier molecular flexibility index (Phi) is 7.29. The number of hydrogen-bond acceptors (Lipinski definition) is 7. The number of nitrogens with zero attached hydrogens (tertiary/aromatic N) is 5. The second-order valence-electron chi connectivity index (χ2n) is 9.92. The van der Waals surface area contributed by atoms with Gasteiger partial charge in [0.15, 0.2) is 23.0 Å². The van der Waals surface area contributed by atoms with E-state index in [0.29, 0.717) is 18.8 Å². The molecule has 10 nitrogen and oxygen atoms in total. The van der Waals surface area contributed by atoms with E-state index in [-0.39, 0.29) is 29.3 Å². The molecule has 0 spiro atoms. The van der Waals surface area contributed by atoms with Crippen molar-refractivity contribution in [1.29, 1.82) is 0 Å². The first-order chi connectivity index (χ1) is 17.8. The van der Waals surface area contributed by atoms with Gasteiger partial charge in [0.2, 0.25) is 0 Å². The van der Waals surface area contributed by atoms with Gasteiger partial charge in [-0.1, -0.05) is 12.1 Å². The molecule has 1 saturated heterocycles. The standard InChI is InChI=1S/C25H28F3N7O3/c1-24(2,3)38-23(37)34-11-8-16(9-12-34)15-4-6-17(7-5-15)31-22-20(21(29)36)30-14-19(32-22)35-13-10-18(33-35)25(26,27)28/h4-7,10,13-14,16H,8-9,11-12H2,1-3H3,(H2,29,36)(H,31,32). The molecular weight excluding hydrogens is 503 g/mol. The van der Waals surface area contributed by atoms with E-state index in [1.54, 1.807) is 17.0 Å². The molecule has 1 aliphatic rings. The predicted octanol–water partition coefficient (Wildman–Crippen LogP) is 4.64. The van der Waals surface area contributed by atoms with Gasteiger partial charge in [-0.05, 0) is 63.3 Å². The Morgan fingerprint density at radius 1 is 1.08 bits per heavy atom. The monoisotopic (exact) mass is 531 g/mol. The van der Waals surface area contributed by atoms with Crippen molar-refractivity contribution in [3.63, 3.8) is 0 Å². The number of alkyl halides is 3. The number of benzene rings is 1. The van der Waals surface area contributed by atoms with Crippen LogP contribution in [0.3, 0.4) is 0 Å².